The van der Waals surface area contributed by atoms with Crippen LogP contribution in [0.5, 0.6) is 5.75 Å². The second kappa shape index (κ2) is 8.20. The summed E-state index contributed by atoms with van der Waals surface area (Å²) in [5.74, 6) is 1.49. The van der Waals surface area contributed by atoms with Gasteiger partial charge >= 0.3 is 0 Å². The van der Waals surface area contributed by atoms with Gasteiger partial charge in [-0.25, -0.2) is 4.98 Å². The molecule has 0 bridgehead atoms. The number of hydrogen-bond acceptors (Lipinski definition) is 5. The van der Waals surface area contributed by atoms with Crippen LogP contribution in [0.4, 0.5) is 0 Å². The Bertz CT molecular complexity index is 800. The maximum atomic E-state index is 12.2. The highest BCUT2D eigenvalue weighted by Crippen LogP contribution is 2.21. The van der Waals surface area contributed by atoms with Crippen molar-refractivity contribution in [1.29, 1.82) is 0 Å². The molecule has 1 aliphatic heterocycles. The van der Waals surface area contributed by atoms with E-state index in [1.165, 1.54) is 17.8 Å². The van der Waals surface area contributed by atoms with Crippen LogP contribution in [0.15, 0.2) is 40.3 Å². The molecule has 7 heteroatoms. The number of aromatic amines is 1. The lowest BCUT2D eigenvalue weighted by molar-refractivity contribution is -0.129. The molecule has 1 amide bonds. The summed E-state index contributed by atoms with van der Waals surface area (Å²) in [5.41, 5.74) is 1.37. The average molecular weight is 359 g/mol. The summed E-state index contributed by atoms with van der Waals surface area (Å²) < 4.78 is 5.21. The predicted octanol–water partition coefficient (Wildman–Crippen LogP) is 2.24. The molecule has 6 nitrogen and oxygen atoms in total. The number of carbonyl (C=O) groups excluding carboxylic acids is 1. The summed E-state index contributed by atoms with van der Waals surface area (Å²) >= 11 is 1.43. The van der Waals surface area contributed by atoms with E-state index in [1.54, 1.807) is 7.11 Å². The molecule has 1 aromatic heterocycles. The number of nitrogens with zero attached hydrogens (tertiary/aromatic N) is 2. The van der Waals surface area contributed by atoms with E-state index in [1.807, 2.05) is 29.2 Å². The first-order chi connectivity index (χ1) is 12.1. The topological polar surface area (TPSA) is 75.3 Å². The van der Waals surface area contributed by atoms with Gasteiger partial charge in [0.25, 0.3) is 5.56 Å². The molecule has 0 saturated carbocycles. The smallest absolute Gasteiger partial charge is 0.251 e. The van der Waals surface area contributed by atoms with Crippen LogP contribution in [-0.4, -0.2) is 41.0 Å². The SMILES string of the molecule is COc1cccc(CSc2nc(CC(=O)N3CCCC3)cc(=O)[nH]2)c1. The molecular weight excluding hydrogens is 338 g/mol. The molecule has 1 aliphatic rings. The van der Waals surface area contributed by atoms with Crippen molar-refractivity contribution in [2.45, 2.75) is 30.2 Å². The molecule has 0 aliphatic carbocycles. The summed E-state index contributed by atoms with van der Waals surface area (Å²) in [6, 6.07) is 9.17. The van der Waals surface area contributed by atoms with Gasteiger partial charge in [0, 0.05) is 24.9 Å². The zero-order valence-corrected chi connectivity index (χ0v) is 15.0. The van der Waals surface area contributed by atoms with Gasteiger partial charge in [-0.2, -0.15) is 0 Å². The Morgan fingerprint density at radius 1 is 1.32 bits per heavy atom. The summed E-state index contributed by atoms with van der Waals surface area (Å²) in [4.78, 5) is 33.1. The normalized spacial score (nSPS) is 13.9. The number of amides is 1. The summed E-state index contributed by atoms with van der Waals surface area (Å²) in [6.45, 7) is 1.61. The molecule has 132 valence electrons. The number of aromatic nitrogens is 2. The Labute approximate surface area is 150 Å². The number of likely N-dealkylation sites (tertiary alicyclic amines) is 1. The van der Waals surface area contributed by atoms with Gasteiger partial charge in [-0.05, 0) is 30.5 Å². The van der Waals surface area contributed by atoms with Crippen molar-refractivity contribution in [2.75, 3.05) is 20.2 Å². The number of carbonyl (C=O) groups is 1. The van der Waals surface area contributed by atoms with Crippen LogP contribution in [0.3, 0.4) is 0 Å². The molecule has 1 fully saturated rings. The summed E-state index contributed by atoms with van der Waals surface area (Å²) in [7, 11) is 1.63. The van der Waals surface area contributed by atoms with Gasteiger partial charge in [-0.15, -0.1) is 0 Å². The van der Waals surface area contributed by atoms with Crippen molar-refractivity contribution >= 4 is 17.7 Å². The van der Waals surface area contributed by atoms with E-state index >= 15 is 0 Å². The number of rotatable bonds is 6. The summed E-state index contributed by atoms with van der Waals surface area (Å²) in [5, 5.41) is 0.527. The van der Waals surface area contributed by atoms with Gasteiger partial charge in [0.05, 0.1) is 19.2 Å². The van der Waals surface area contributed by atoms with Crippen molar-refractivity contribution in [3.05, 3.63) is 51.9 Å². The number of ether oxygens (including phenoxy) is 1. The van der Waals surface area contributed by atoms with Crippen molar-refractivity contribution in [1.82, 2.24) is 14.9 Å². The Kier molecular flexibility index (Phi) is 5.75. The Hall–Kier alpha value is -2.28. The lowest BCUT2D eigenvalue weighted by Crippen LogP contribution is -2.29. The van der Waals surface area contributed by atoms with Gasteiger partial charge in [0.15, 0.2) is 5.16 Å². The van der Waals surface area contributed by atoms with E-state index in [2.05, 4.69) is 9.97 Å². The van der Waals surface area contributed by atoms with Crippen molar-refractivity contribution in [3.63, 3.8) is 0 Å². The number of thioether (sulfide) groups is 1. The van der Waals surface area contributed by atoms with E-state index in [0.717, 1.165) is 37.2 Å². The molecule has 1 aromatic carbocycles. The molecular formula is C18H21N3O3S. The maximum Gasteiger partial charge on any atom is 0.251 e. The first-order valence-electron chi connectivity index (χ1n) is 8.28. The lowest BCUT2D eigenvalue weighted by Gasteiger charge is -2.14. The van der Waals surface area contributed by atoms with Crippen molar-refractivity contribution in [2.24, 2.45) is 0 Å². The largest absolute Gasteiger partial charge is 0.497 e. The van der Waals surface area contributed by atoms with E-state index < -0.39 is 0 Å². The highest BCUT2D eigenvalue weighted by Gasteiger charge is 2.19. The third-order valence-electron chi connectivity index (χ3n) is 4.07. The van der Waals surface area contributed by atoms with Crippen LogP contribution < -0.4 is 10.3 Å². The molecule has 2 aromatic rings. The average Bonchev–Trinajstić information content (AvgIpc) is 3.14. The van der Waals surface area contributed by atoms with Crippen LogP contribution >= 0.6 is 11.8 Å². The van der Waals surface area contributed by atoms with Crippen molar-refractivity contribution in [3.8, 4) is 5.75 Å². The Morgan fingerprint density at radius 3 is 2.88 bits per heavy atom. The fourth-order valence-corrected chi connectivity index (χ4v) is 3.63. The fourth-order valence-electron chi connectivity index (χ4n) is 2.79. The van der Waals surface area contributed by atoms with Gasteiger partial charge < -0.3 is 14.6 Å². The van der Waals surface area contributed by atoms with E-state index in [4.69, 9.17) is 4.74 Å². The first-order valence-corrected chi connectivity index (χ1v) is 9.26. The second-order valence-corrected chi connectivity index (χ2v) is 6.91. The monoisotopic (exact) mass is 359 g/mol. The highest BCUT2D eigenvalue weighted by molar-refractivity contribution is 7.98. The van der Waals surface area contributed by atoms with Gasteiger partial charge in [-0.1, -0.05) is 23.9 Å². The number of H-pyrrole nitrogens is 1. The van der Waals surface area contributed by atoms with E-state index in [0.29, 0.717) is 16.6 Å². The van der Waals surface area contributed by atoms with Crippen LogP contribution in [0.25, 0.3) is 0 Å². The molecule has 3 rings (SSSR count). The molecule has 0 radical (unpaired) electrons. The van der Waals surface area contributed by atoms with Crippen LogP contribution in [0.1, 0.15) is 24.1 Å². The minimum Gasteiger partial charge on any atom is -0.497 e. The van der Waals surface area contributed by atoms with Crippen LogP contribution in [0.2, 0.25) is 0 Å². The standard InChI is InChI=1S/C18H21N3O3S/c1-24-15-6-4-5-13(9-15)12-25-18-19-14(10-16(22)20-18)11-17(23)21-7-2-3-8-21/h4-6,9-10H,2-3,7-8,11-12H2,1H3,(H,19,20,22). The van der Waals surface area contributed by atoms with E-state index in [-0.39, 0.29) is 17.9 Å². The molecule has 0 unspecified atom stereocenters. The molecule has 25 heavy (non-hydrogen) atoms. The maximum absolute atomic E-state index is 12.2. The molecule has 0 spiro atoms. The van der Waals surface area contributed by atoms with Gasteiger partial charge in [0.2, 0.25) is 5.91 Å². The number of hydrogen-bond donors (Lipinski definition) is 1. The van der Waals surface area contributed by atoms with Crippen molar-refractivity contribution < 1.29 is 9.53 Å². The van der Waals surface area contributed by atoms with Crippen LogP contribution in [-0.2, 0) is 17.0 Å². The van der Waals surface area contributed by atoms with Gasteiger partial charge in [-0.3, -0.25) is 9.59 Å². The Morgan fingerprint density at radius 2 is 2.12 bits per heavy atom. The van der Waals surface area contributed by atoms with E-state index in [9.17, 15) is 9.59 Å². The first kappa shape index (κ1) is 17.5. The number of benzene rings is 1. The number of methoxy groups -OCH3 is 1. The minimum absolute atomic E-state index is 0.0411. The molecule has 1 saturated heterocycles. The molecule has 0 atom stereocenters. The third-order valence-corrected chi connectivity index (χ3v) is 5.02. The minimum atomic E-state index is -0.229. The third kappa shape index (κ3) is 4.85. The lowest BCUT2D eigenvalue weighted by atomic mass is 10.2. The molecule has 2 heterocycles. The second-order valence-electron chi connectivity index (χ2n) is 5.95. The zero-order chi connectivity index (χ0) is 17.6. The fraction of sp³-hybridized carbons (Fsp3) is 0.389. The number of nitrogens with one attached hydrogen (secondary N) is 1. The van der Waals surface area contributed by atoms with Crippen LogP contribution in [0, 0.1) is 0 Å². The summed E-state index contributed by atoms with van der Waals surface area (Å²) in [6.07, 6.45) is 2.28. The van der Waals surface area contributed by atoms with Gasteiger partial charge in [0.1, 0.15) is 5.75 Å². The highest BCUT2D eigenvalue weighted by atomic mass is 32.2. The predicted molar refractivity (Wildman–Crippen MR) is 96.9 cm³/mol. The quantitative estimate of drug-likeness (QED) is 0.632. The zero-order valence-electron chi connectivity index (χ0n) is 14.2. The Balaban J connectivity index is 1.66. The molecule has 1 N–H and O–H groups in total.